The molecule has 0 spiro atoms. The highest BCUT2D eigenvalue weighted by molar-refractivity contribution is 5.92. The molecule has 0 bridgehead atoms. The standard InChI is InChI=1S/C11H8N2O5/c1-6-2-3-7(4-8(6)13(16)17)10-9(11(14)15)12-5-18-10/h2-5H,1H3,(H,14,15). The van der Waals surface area contributed by atoms with E-state index in [0.29, 0.717) is 11.1 Å². The molecule has 0 aliphatic heterocycles. The fourth-order valence-electron chi connectivity index (χ4n) is 1.55. The molecule has 92 valence electrons. The molecular formula is C11H8N2O5. The number of hydrogen-bond donors (Lipinski definition) is 1. The summed E-state index contributed by atoms with van der Waals surface area (Å²) < 4.78 is 4.97. The zero-order valence-corrected chi connectivity index (χ0v) is 9.28. The maximum absolute atomic E-state index is 10.9. The van der Waals surface area contributed by atoms with Crippen molar-refractivity contribution in [2.24, 2.45) is 0 Å². The Morgan fingerprint density at radius 1 is 1.50 bits per heavy atom. The van der Waals surface area contributed by atoms with Crippen molar-refractivity contribution in [3.63, 3.8) is 0 Å². The lowest BCUT2D eigenvalue weighted by molar-refractivity contribution is -0.385. The quantitative estimate of drug-likeness (QED) is 0.659. The van der Waals surface area contributed by atoms with Gasteiger partial charge in [-0.1, -0.05) is 12.1 Å². The van der Waals surface area contributed by atoms with Crippen molar-refractivity contribution in [3.05, 3.63) is 46.0 Å². The number of nitro benzene ring substituents is 1. The van der Waals surface area contributed by atoms with E-state index >= 15 is 0 Å². The number of rotatable bonds is 3. The Bertz CT molecular complexity index is 632. The second kappa shape index (κ2) is 4.28. The molecule has 2 rings (SSSR count). The van der Waals surface area contributed by atoms with Crippen molar-refractivity contribution in [2.75, 3.05) is 0 Å². The molecule has 1 aromatic heterocycles. The first-order valence-electron chi connectivity index (χ1n) is 4.93. The van der Waals surface area contributed by atoms with E-state index in [1.165, 1.54) is 12.1 Å². The number of carboxylic acids is 1. The number of benzene rings is 1. The van der Waals surface area contributed by atoms with Crippen LogP contribution in [0.25, 0.3) is 11.3 Å². The van der Waals surface area contributed by atoms with Crippen LogP contribution in [0.5, 0.6) is 0 Å². The summed E-state index contributed by atoms with van der Waals surface area (Å²) in [6.45, 7) is 1.60. The lowest BCUT2D eigenvalue weighted by Crippen LogP contribution is -1.99. The summed E-state index contributed by atoms with van der Waals surface area (Å²) in [5, 5.41) is 19.7. The van der Waals surface area contributed by atoms with Crippen molar-refractivity contribution in [1.29, 1.82) is 0 Å². The second-order valence-electron chi connectivity index (χ2n) is 3.59. The van der Waals surface area contributed by atoms with E-state index in [2.05, 4.69) is 4.98 Å². The molecule has 0 atom stereocenters. The molecule has 0 saturated heterocycles. The summed E-state index contributed by atoms with van der Waals surface area (Å²) in [5.74, 6) is -1.24. The first-order valence-corrected chi connectivity index (χ1v) is 4.93. The average Bonchev–Trinajstić information content (AvgIpc) is 2.78. The minimum Gasteiger partial charge on any atom is -0.476 e. The van der Waals surface area contributed by atoms with Crippen molar-refractivity contribution in [2.45, 2.75) is 6.92 Å². The topological polar surface area (TPSA) is 106 Å². The highest BCUT2D eigenvalue weighted by Gasteiger charge is 2.20. The SMILES string of the molecule is Cc1ccc(-c2ocnc2C(=O)O)cc1[N+](=O)[O-]. The van der Waals surface area contributed by atoms with Crippen LogP contribution in [0, 0.1) is 17.0 Å². The van der Waals surface area contributed by atoms with E-state index in [-0.39, 0.29) is 17.1 Å². The van der Waals surface area contributed by atoms with Crippen LogP contribution in [-0.2, 0) is 0 Å². The minimum atomic E-state index is -1.25. The van der Waals surface area contributed by atoms with Crippen LogP contribution in [0.1, 0.15) is 16.1 Å². The number of oxazole rings is 1. The van der Waals surface area contributed by atoms with Gasteiger partial charge in [0.25, 0.3) is 5.69 Å². The average molecular weight is 248 g/mol. The largest absolute Gasteiger partial charge is 0.476 e. The maximum atomic E-state index is 10.9. The summed E-state index contributed by atoms with van der Waals surface area (Å²) in [6, 6.07) is 4.35. The third-order valence-electron chi connectivity index (χ3n) is 2.44. The van der Waals surface area contributed by atoms with Gasteiger partial charge in [0, 0.05) is 17.2 Å². The molecule has 0 unspecified atom stereocenters. The lowest BCUT2D eigenvalue weighted by Gasteiger charge is -2.01. The fourth-order valence-corrected chi connectivity index (χ4v) is 1.55. The number of carbonyl (C=O) groups is 1. The number of hydrogen-bond acceptors (Lipinski definition) is 5. The Morgan fingerprint density at radius 2 is 2.22 bits per heavy atom. The predicted octanol–water partition coefficient (Wildman–Crippen LogP) is 2.26. The van der Waals surface area contributed by atoms with Gasteiger partial charge < -0.3 is 9.52 Å². The summed E-state index contributed by atoms with van der Waals surface area (Å²) in [5.41, 5.74) is 0.427. The molecule has 0 aliphatic carbocycles. The molecule has 7 nitrogen and oxygen atoms in total. The summed E-state index contributed by atoms with van der Waals surface area (Å²) in [6.07, 6.45) is 0.991. The van der Waals surface area contributed by atoms with E-state index in [1.54, 1.807) is 13.0 Å². The second-order valence-corrected chi connectivity index (χ2v) is 3.59. The third kappa shape index (κ3) is 1.93. The molecule has 0 saturated carbocycles. The molecule has 0 fully saturated rings. The van der Waals surface area contributed by atoms with Gasteiger partial charge in [0.15, 0.2) is 17.8 Å². The number of aromatic carboxylic acids is 1. The van der Waals surface area contributed by atoms with Crippen LogP contribution in [0.2, 0.25) is 0 Å². The Labute approximate surface area is 101 Å². The summed E-state index contributed by atoms with van der Waals surface area (Å²) in [4.78, 5) is 24.7. The molecule has 18 heavy (non-hydrogen) atoms. The fraction of sp³-hybridized carbons (Fsp3) is 0.0909. The lowest BCUT2D eigenvalue weighted by atomic mass is 10.1. The van der Waals surface area contributed by atoms with Crippen molar-refractivity contribution >= 4 is 11.7 Å². The Balaban J connectivity index is 2.58. The van der Waals surface area contributed by atoms with E-state index < -0.39 is 10.9 Å². The smallest absolute Gasteiger partial charge is 0.358 e. The van der Waals surface area contributed by atoms with Gasteiger partial charge in [-0.3, -0.25) is 10.1 Å². The molecule has 1 N–H and O–H groups in total. The number of nitro groups is 1. The molecule has 1 heterocycles. The molecule has 0 radical (unpaired) electrons. The highest BCUT2D eigenvalue weighted by atomic mass is 16.6. The maximum Gasteiger partial charge on any atom is 0.358 e. The van der Waals surface area contributed by atoms with Crippen LogP contribution >= 0.6 is 0 Å². The molecule has 1 aromatic carbocycles. The van der Waals surface area contributed by atoms with Gasteiger partial charge in [0.1, 0.15) is 0 Å². The van der Waals surface area contributed by atoms with Gasteiger partial charge in [-0.15, -0.1) is 0 Å². The normalized spacial score (nSPS) is 10.3. The zero-order valence-electron chi connectivity index (χ0n) is 9.28. The van der Waals surface area contributed by atoms with Crippen molar-refractivity contribution in [3.8, 4) is 11.3 Å². The van der Waals surface area contributed by atoms with Crippen LogP contribution in [0.4, 0.5) is 5.69 Å². The minimum absolute atomic E-state index is 0.00519. The van der Waals surface area contributed by atoms with Crippen molar-refractivity contribution < 1.29 is 19.2 Å². The zero-order chi connectivity index (χ0) is 13.3. The summed E-state index contributed by atoms with van der Waals surface area (Å²) in [7, 11) is 0. The predicted molar refractivity (Wildman–Crippen MR) is 60.3 cm³/mol. The van der Waals surface area contributed by atoms with E-state index in [1.807, 2.05) is 0 Å². The number of aromatic nitrogens is 1. The summed E-state index contributed by atoms with van der Waals surface area (Å²) >= 11 is 0. The third-order valence-corrected chi connectivity index (χ3v) is 2.44. The van der Waals surface area contributed by atoms with Gasteiger partial charge in [0.2, 0.25) is 0 Å². The van der Waals surface area contributed by atoms with E-state index in [0.717, 1.165) is 6.39 Å². The monoisotopic (exact) mass is 248 g/mol. The van der Waals surface area contributed by atoms with Crippen LogP contribution in [0.3, 0.4) is 0 Å². The van der Waals surface area contributed by atoms with Gasteiger partial charge in [-0.2, -0.15) is 0 Å². The van der Waals surface area contributed by atoms with E-state index in [9.17, 15) is 14.9 Å². The number of aryl methyl sites for hydroxylation is 1. The van der Waals surface area contributed by atoms with Gasteiger partial charge in [-0.05, 0) is 6.92 Å². The Morgan fingerprint density at radius 3 is 2.83 bits per heavy atom. The Hall–Kier alpha value is -2.70. The highest BCUT2D eigenvalue weighted by Crippen LogP contribution is 2.28. The molecule has 0 aliphatic rings. The first-order chi connectivity index (χ1) is 8.50. The molecular weight excluding hydrogens is 240 g/mol. The molecule has 2 aromatic rings. The number of nitrogens with zero attached hydrogens (tertiary/aromatic N) is 2. The first kappa shape index (κ1) is 11.8. The number of carboxylic acid groups (broad SMARTS) is 1. The molecule has 0 amide bonds. The van der Waals surface area contributed by atoms with Gasteiger partial charge in [0.05, 0.1) is 4.92 Å². The van der Waals surface area contributed by atoms with Crippen LogP contribution in [-0.4, -0.2) is 21.0 Å². The van der Waals surface area contributed by atoms with E-state index in [4.69, 9.17) is 9.52 Å². The van der Waals surface area contributed by atoms with Crippen LogP contribution in [0.15, 0.2) is 29.0 Å². The van der Waals surface area contributed by atoms with Gasteiger partial charge in [-0.25, -0.2) is 9.78 Å². The van der Waals surface area contributed by atoms with Crippen LogP contribution < -0.4 is 0 Å². The Kier molecular flexibility index (Phi) is 2.80. The van der Waals surface area contributed by atoms with Gasteiger partial charge >= 0.3 is 5.97 Å². The molecule has 7 heteroatoms. The van der Waals surface area contributed by atoms with Crippen molar-refractivity contribution in [1.82, 2.24) is 4.98 Å².